The first-order valence-corrected chi connectivity index (χ1v) is 9.25. The number of hydrazone groups is 1. The van der Waals surface area contributed by atoms with E-state index in [0.717, 1.165) is 16.8 Å². The highest BCUT2D eigenvalue weighted by Crippen LogP contribution is 2.28. The Hall–Kier alpha value is -3.94. The van der Waals surface area contributed by atoms with Gasteiger partial charge in [0.2, 0.25) is 0 Å². The van der Waals surface area contributed by atoms with Crippen LogP contribution in [0.15, 0.2) is 59.7 Å². The van der Waals surface area contributed by atoms with Crippen molar-refractivity contribution in [2.24, 2.45) is 5.10 Å². The van der Waals surface area contributed by atoms with Crippen LogP contribution in [0.1, 0.15) is 29.8 Å². The molecule has 0 fully saturated rings. The van der Waals surface area contributed by atoms with Crippen LogP contribution < -0.4 is 14.9 Å². The van der Waals surface area contributed by atoms with Crippen molar-refractivity contribution >= 4 is 28.6 Å². The Balaban J connectivity index is 1.92. The van der Waals surface area contributed by atoms with Crippen LogP contribution in [-0.4, -0.2) is 30.3 Å². The molecule has 3 aromatic rings. The number of non-ortho nitro benzene ring substituents is 1. The summed E-state index contributed by atoms with van der Waals surface area (Å²) in [5.41, 5.74) is 2.92. The topological polar surface area (TPSA) is 103 Å². The Labute approximate surface area is 173 Å². The summed E-state index contributed by atoms with van der Waals surface area (Å²) >= 11 is 0. The van der Waals surface area contributed by atoms with Crippen molar-refractivity contribution < 1.29 is 19.2 Å². The normalized spacial score (nSPS) is 11.1. The first-order chi connectivity index (χ1) is 14.4. The second kappa shape index (κ2) is 9.04. The summed E-state index contributed by atoms with van der Waals surface area (Å²) in [5.74, 6) is 0.218. The lowest BCUT2D eigenvalue weighted by Crippen LogP contribution is -2.19. The monoisotopic (exact) mass is 407 g/mol. The van der Waals surface area contributed by atoms with Gasteiger partial charge in [0, 0.05) is 17.7 Å². The lowest BCUT2D eigenvalue weighted by atomic mass is 10.0. The molecule has 0 saturated heterocycles. The number of hydrogen-bond donors (Lipinski definition) is 1. The van der Waals surface area contributed by atoms with E-state index in [1.807, 2.05) is 50.2 Å². The van der Waals surface area contributed by atoms with E-state index in [1.165, 1.54) is 25.5 Å². The molecule has 0 aliphatic rings. The first-order valence-electron chi connectivity index (χ1n) is 9.25. The maximum atomic E-state index is 12.6. The molecular formula is C22H21N3O5. The van der Waals surface area contributed by atoms with Gasteiger partial charge in [0.25, 0.3) is 11.6 Å². The van der Waals surface area contributed by atoms with Gasteiger partial charge in [-0.1, -0.05) is 30.3 Å². The number of rotatable bonds is 7. The Morgan fingerprint density at radius 3 is 2.57 bits per heavy atom. The molecule has 3 rings (SSSR count). The molecule has 0 atom stereocenters. The number of benzene rings is 3. The third kappa shape index (κ3) is 4.54. The minimum Gasteiger partial charge on any atom is -0.496 e. The van der Waals surface area contributed by atoms with E-state index in [4.69, 9.17) is 9.47 Å². The van der Waals surface area contributed by atoms with Gasteiger partial charge in [0.15, 0.2) is 0 Å². The zero-order valence-corrected chi connectivity index (χ0v) is 16.8. The molecule has 154 valence electrons. The molecule has 8 nitrogen and oxygen atoms in total. The molecule has 0 bridgehead atoms. The average Bonchev–Trinajstić information content (AvgIpc) is 2.73. The number of nitro groups is 1. The quantitative estimate of drug-likeness (QED) is 0.357. The van der Waals surface area contributed by atoms with E-state index >= 15 is 0 Å². The molecule has 0 aliphatic carbocycles. The number of carbonyl (C=O) groups excluding carboxylic acids is 1. The standard InChI is InChI=1S/C22H21N3O5/c1-14(2)30-21-10-8-15-6-4-5-7-17(15)19(21)13-23-24-22(26)18-12-16(25(27)28)9-11-20(18)29-3/h4-14H,1-3H3,(H,24,26)/b23-13-. The molecule has 0 radical (unpaired) electrons. The number of carbonyl (C=O) groups is 1. The van der Waals surface area contributed by atoms with Crippen LogP contribution in [0, 0.1) is 10.1 Å². The summed E-state index contributed by atoms with van der Waals surface area (Å²) in [4.78, 5) is 23.0. The highest BCUT2D eigenvalue weighted by atomic mass is 16.6. The zero-order valence-electron chi connectivity index (χ0n) is 16.8. The predicted molar refractivity (Wildman–Crippen MR) is 114 cm³/mol. The fourth-order valence-electron chi connectivity index (χ4n) is 2.97. The maximum absolute atomic E-state index is 12.6. The van der Waals surface area contributed by atoms with Crippen molar-refractivity contribution in [1.29, 1.82) is 0 Å². The Morgan fingerprint density at radius 2 is 1.87 bits per heavy atom. The molecule has 0 aromatic heterocycles. The third-order valence-electron chi connectivity index (χ3n) is 4.29. The molecule has 1 amide bonds. The number of hydrogen-bond acceptors (Lipinski definition) is 6. The van der Waals surface area contributed by atoms with Crippen LogP contribution in [-0.2, 0) is 0 Å². The van der Waals surface area contributed by atoms with Gasteiger partial charge in [-0.05, 0) is 36.8 Å². The van der Waals surface area contributed by atoms with Gasteiger partial charge >= 0.3 is 0 Å². The summed E-state index contributed by atoms with van der Waals surface area (Å²) in [6.07, 6.45) is 1.46. The Morgan fingerprint density at radius 1 is 1.13 bits per heavy atom. The van der Waals surface area contributed by atoms with E-state index in [-0.39, 0.29) is 23.1 Å². The van der Waals surface area contributed by atoms with Crippen molar-refractivity contribution in [3.8, 4) is 11.5 Å². The third-order valence-corrected chi connectivity index (χ3v) is 4.29. The van der Waals surface area contributed by atoms with Crippen LogP contribution in [0.25, 0.3) is 10.8 Å². The number of nitrogens with zero attached hydrogens (tertiary/aromatic N) is 2. The Kier molecular flexibility index (Phi) is 6.26. The molecular weight excluding hydrogens is 386 g/mol. The van der Waals surface area contributed by atoms with Gasteiger partial charge in [-0.2, -0.15) is 5.10 Å². The number of nitro benzene ring substituents is 1. The summed E-state index contributed by atoms with van der Waals surface area (Å²) in [6, 6.07) is 15.4. The molecule has 8 heteroatoms. The molecule has 1 N–H and O–H groups in total. The molecule has 0 aliphatic heterocycles. The minimum absolute atomic E-state index is 0.0143. The highest BCUT2D eigenvalue weighted by Gasteiger charge is 2.17. The SMILES string of the molecule is COc1ccc([N+](=O)[O-])cc1C(=O)N/N=C\c1c(OC(C)C)ccc2ccccc12. The van der Waals surface area contributed by atoms with Crippen LogP contribution in [0.4, 0.5) is 5.69 Å². The molecule has 0 saturated carbocycles. The van der Waals surface area contributed by atoms with Gasteiger partial charge in [-0.15, -0.1) is 0 Å². The number of ether oxygens (including phenoxy) is 2. The predicted octanol–water partition coefficient (Wildman–Crippen LogP) is 4.31. The molecule has 3 aromatic carbocycles. The number of fused-ring (bicyclic) bond motifs is 1. The van der Waals surface area contributed by atoms with Crippen molar-refractivity contribution in [3.63, 3.8) is 0 Å². The van der Waals surface area contributed by atoms with Crippen molar-refractivity contribution in [2.75, 3.05) is 7.11 Å². The lowest BCUT2D eigenvalue weighted by Gasteiger charge is -2.14. The van der Waals surface area contributed by atoms with Crippen molar-refractivity contribution in [2.45, 2.75) is 20.0 Å². The van der Waals surface area contributed by atoms with Crippen LogP contribution >= 0.6 is 0 Å². The second-order valence-electron chi connectivity index (χ2n) is 6.71. The summed E-state index contributed by atoms with van der Waals surface area (Å²) in [5, 5.41) is 17.0. The molecule has 0 heterocycles. The average molecular weight is 407 g/mol. The van der Waals surface area contributed by atoms with Gasteiger partial charge < -0.3 is 9.47 Å². The van der Waals surface area contributed by atoms with E-state index in [0.29, 0.717) is 11.3 Å². The van der Waals surface area contributed by atoms with E-state index in [2.05, 4.69) is 10.5 Å². The van der Waals surface area contributed by atoms with E-state index in [9.17, 15) is 14.9 Å². The summed E-state index contributed by atoms with van der Waals surface area (Å²) < 4.78 is 11.0. The second-order valence-corrected chi connectivity index (χ2v) is 6.71. The van der Waals surface area contributed by atoms with Crippen molar-refractivity contribution in [3.05, 3.63) is 75.8 Å². The Bertz CT molecular complexity index is 1120. The summed E-state index contributed by atoms with van der Waals surface area (Å²) in [6.45, 7) is 3.85. The fraction of sp³-hybridized carbons (Fsp3) is 0.182. The lowest BCUT2D eigenvalue weighted by molar-refractivity contribution is -0.384. The first kappa shape index (κ1) is 20.8. The highest BCUT2D eigenvalue weighted by molar-refractivity contribution is 6.03. The van der Waals surface area contributed by atoms with E-state index in [1.54, 1.807) is 0 Å². The molecule has 0 unspecified atom stereocenters. The van der Waals surface area contributed by atoms with Gasteiger partial charge in [0.05, 0.1) is 29.9 Å². The largest absolute Gasteiger partial charge is 0.496 e. The fourth-order valence-corrected chi connectivity index (χ4v) is 2.97. The maximum Gasteiger partial charge on any atom is 0.275 e. The zero-order chi connectivity index (χ0) is 21.7. The smallest absolute Gasteiger partial charge is 0.275 e. The van der Waals surface area contributed by atoms with Crippen LogP contribution in [0.5, 0.6) is 11.5 Å². The number of nitrogens with one attached hydrogen (secondary N) is 1. The van der Waals surface area contributed by atoms with Gasteiger partial charge in [0.1, 0.15) is 11.5 Å². The summed E-state index contributed by atoms with van der Waals surface area (Å²) in [7, 11) is 1.38. The van der Waals surface area contributed by atoms with Gasteiger partial charge in [-0.3, -0.25) is 14.9 Å². The van der Waals surface area contributed by atoms with Crippen molar-refractivity contribution in [1.82, 2.24) is 5.43 Å². The van der Waals surface area contributed by atoms with Gasteiger partial charge in [-0.25, -0.2) is 5.43 Å². The molecule has 0 spiro atoms. The molecule has 30 heavy (non-hydrogen) atoms. The van der Waals surface area contributed by atoms with E-state index < -0.39 is 10.8 Å². The van der Waals surface area contributed by atoms with Crippen LogP contribution in [0.2, 0.25) is 0 Å². The van der Waals surface area contributed by atoms with Crippen LogP contribution in [0.3, 0.4) is 0 Å². The number of methoxy groups -OCH3 is 1. The minimum atomic E-state index is -0.627. The number of amides is 1.